The van der Waals surface area contributed by atoms with Crippen LogP contribution in [0.25, 0.3) is 49.4 Å². The number of nitrogens with zero attached hydrogens (tertiary/aromatic N) is 2. The molecule has 1 aliphatic heterocycles. The quantitative estimate of drug-likeness (QED) is 0.161. The first kappa shape index (κ1) is 26.5. The summed E-state index contributed by atoms with van der Waals surface area (Å²) in [6, 6.07) is 47.7. The van der Waals surface area contributed by atoms with E-state index in [1.807, 2.05) is 0 Å². The van der Waals surface area contributed by atoms with E-state index in [0.717, 1.165) is 27.9 Å². The SMILES string of the molecule is CC1C(c2c(N)cccc2-n2c3ccccc3c3ccccc32)C=CC2C1c1c(ccc3c1oc1ccccc13)N2c1ccccc1. The standard InChI is InChI=1S/C43H33N3O/c1-26-28(41-33(44)17-11-20-36(41)46-34-18-8-5-14-29(34)30-15-6-9-19-35(30)46)22-24-37-40(26)42-38(45(37)27-12-3-2-4-13-27)25-23-32-31-16-7-10-21-39(31)47-43(32)42/h2-26,28,37,40H,44H2,1H3. The first-order valence-corrected chi connectivity index (χ1v) is 16.5. The molecule has 8 aromatic rings. The van der Waals surface area contributed by atoms with Crippen LogP contribution in [0.1, 0.15) is 29.9 Å². The monoisotopic (exact) mass is 607 g/mol. The molecular weight excluding hydrogens is 574 g/mol. The van der Waals surface area contributed by atoms with E-state index in [1.165, 1.54) is 49.7 Å². The highest BCUT2D eigenvalue weighted by molar-refractivity contribution is 6.10. The maximum atomic E-state index is 7.02. The van der Waals surface area contributed by atoms with Gasteiger partial charge in [-0.15, -0.1) is 0 Å². The van der Waals surface area contributed by atoms with E-state index in [2.05, 4.69) is 162 Å². The van der Waals surface area contributed by atoms with Crippen molar-refractivity contribution in [1.29, 1.82) is 0 Å². The van der Waals surface area contributed by atoms with E-state index in [0.29, 0.717) is 0 Å². The van der Waals surface area contributed by atoms with Crippen LogP contribution in [-0.2, 0) is 0 Å². The summed E-state index contributed by atoms with van der Waals surface area (Å²) in [6.45, 7) is 2.41. The minimum Gasteiger partial charge on any atom is -0.456 e. The van der Waals surface area contributed by atoms with Gasteiger partial charge in [-0.3, -0.25) is 0 Å². The van der Waals surface area contributed by atoms with Crippen molar-refractivity contribution in [2.45, 2.75) is 24.8 Å². The Morgan fingerprint density at radius 2 is 1.26 bits per heavy atom. The molecule has 47 heavy (non-hydrogen) atoms. The van der Waals surface area contributed by atoms with Crippen LogP contribution in [0.5, 0.6) is 0 Å². The van der Waals surface area contributed by atoms with Gasteiger partial charge in [0, 0.05) is 61.6 Å². The Hall–Kier alpha value is -5.74. The minimum atomic E-state index is 0.0931. The molecule has 4 heteroatoms. The van der Waals surface area contributed by atoms with Gasteiger partial charge >= 0.3 is 0 Å². The number of anilines is 3. The molecule has 0 spiro atoms. The van der Waals surface area contributed by atoms with Gasteiger partial charge in [-0.05, 0) is 60.5 Å². The molecule has 4 unspecified atom stereocenters. The van der Waals surface area contributed by atoms with Crippen LogP contribution >= 0.6 is 0 Å². The van der Waals surface area contributed by atoms with Crippen LogP contribution in [0, 0.1) is 5.92 Å². The molecule has 0 fully saturated rings. The van der Waals surface area contributed by atoms with Crippen molar-refractivity contribution in [2.24, 2.45) is 5.92 Å². The molecule has 2 aliphatic rings. The largest absolute Gasteiger partial charge is 0.456 e. The molecule has 0 bridgehead atoms. The Bertz CT molecular complexity index is 2490. The zero-order chi connectivity index (χ0) is 31.2. The third kappa shape index (κ3) is 3.64. The van der Waals surface area contributed by atoms with Crippen LogP contribution in [0.2, 0.25) is 0 Å². The molecule has 3 heterocycles. The Labute approximate surface area is 272 Å². The smallest absolute Gasteiger partial charge is 0.141 e. The summed E-state index contributed by atoms with van der Waals surface area (Å²) in [6.07, 6.45) is 4.85. The summed E-state index contributed by atoms with van der Waals surface area (Å²) in [5.41, 5.74) is 18.2. The Morgan fingerprint density at radius 3 is 2.02 bits per heavy atom. The zero-order valence-corrected chi connectivity index (χ0v) is 26.0. The molecular formula is C43H33N3O. The molecule has 0 radical (unpaired) electrons. The molecule has 2 aromatic heterocycles. The van der Waals surface area contributed by atoms with Crippen LogP contribution in [0.4, 0.5) is 17.1 Å². The predicted octanol–water partition coefficient (Wildman–Crippen LogP) is 10.9. The summed E-state index contributed by atoms with van der Waals surface area (Å²) in [4.78, 5) is 2.51. The van der Waals surface area contributed by atoms with Crippen LogP contribution < -0.4 is 10.6 Å². The number of fused-ring (bicyclic) bond motifs is 10. The fourth-order valence-corrected chi connectivity index (χ4v) is 8.80. The van der Waals surface area contributed by atoms with Crippen LogP contribution in [-0.4, -0.2) is 10.6 Å². The third-order valence-electron chi connectivity index (χ3n) is 10.8. The Balaban J connectivity index is 1.21. The molecule has 0 amide bonds. The van der Waals surface area contributed by atoms with Crippen molar-refractivity contribution >= 4 is 60.8 Å². The molecule has 1 aliphatic carbocycles. The van der Waals surface area contributed by atoms with Gasteiger partial charge in [-0.2, -0.15) is 0 Å². The third-order valence-corrected chi connectivity index (χ3v) is 10.8. The summed E-state index contributed by atoms with van der Waals surface area (Å²) in [7, 11) is 0. The number of para-hydroxylation sites is 4. The summed E-state index contributed by atoms with van der Waals surface area (Å²) in [5, 5.41) is 4.84. The number of allylic oxidation sites excluding steroid dienone is 1. The normalized spacial score (nSPS) is 20.4. The number of nitrogens with two attached hydrogens (primary N) is 1. The average Bonchev–Trinajstić information content (AvgIpc) is 3.77. The predicted molar refractivity (Wildman–Crippen MR) is 195 cm³/mol. The van der Waals surface area contributed by atoms with Gasteiger partial charge in [0.15, 0.2) is 0 Å². The van der Waals surface area contributed by atoms with E-state index in [-0.39, 0.29) is 23.8 Å². The number of furan rings is 1. The first-order valence-electron chi connectivity index (χ1n) is 16.5. The Morgan fingerprint density at radius 1 is 0.574 bits per heavy atom. The van der Waals surface area contributed by atoms with E-state index in [1.54, 1.807) is 0 Å². The van der Waals surface area contributed by atoms with Gasteiger partial charge in [0.05, 0.1) is 22.8 Å². The highest BCUT2D eigenvalue weighted by Gasteiger charge is 2.47. The van der Waals surface area contributed by atoms with Crippen molar-refractivity contribution < 1.29 is 4.42 Å². The molecule has 10 rings (SSSR count). The van der Waals surface area contributed by atoms with Gasteiger partial charge in [-0.25, -0.2) is 0 Å². The second-order valence-corrected chi connectivity index (χ2v) is 13.1. The Kier molecular flexibility index (Phi) is 5.56. The van der Waals surface area contributed by atoms with E-state index < -0.39 is 0 Å². The molecule has 0 saturated heterocycles. The maximum absolute atomic E-state index is 7.02. The zero-order valence-electron chi connectivity index (χ0n) is 26.0. The second kappa shape index (κ2) is 9.88. The van der Waals surface area contributed by atoms with Crippen molar-refractivity contribution in [1.82, 2.24) is 4.57 Å². The van der Waals surface area contributed by atoms with Crippen molar-refractivity contribution in [2.75, 3.05) is 10.6 Å². The van der Waals surface area contributed by atoms with Gasteiger partial charge in [0.1, 0.15) is 11.2 Å². The van der Waals surface area contributed by atoms with Crippen LogP contribution in [0.3, 0.4) is 0 Å². The molecule has 6 aromatic carbocycles. The van der Waals surface area contributed by atoms with Gasteiger partial charge in [0.2, 0.25) is 0 Å². The minimum absolute atomic E-state index is 0.0931. The van der Waals surface area contributed by atoms with E-state index in [9.17, 15) is 0 Å². The van der Waals surface area contributed by atoms with E-state index >= 15 is 0 Å². The number of hydrogen-bond acceptors (Lipinski definition) is 3. The summed E-state index contributed by atoms with van der Waals surface area (Å²) < 4.78 is 9.16. The summed E-state index contributed by atoms with van der Waals surface area (Å²) in [5.74, 6) is 0.512. The molecule has 0 saturated carbocycles. The van der Waals surface area contributed by atoms with Gasteiger partial charge in [0.25, 0.3) is 0 Å². The maximum Gasteiger partial charge on any atom is 0.141 e. The lowest BCUT2D eigenvalue weighted by molar-refractivity contribution is 0.388. The second-order valence-electron chi connectivity index (χ2n) is 13.1. The summed E-state index contributed by atoms with van der Waals surface area (Å²) >= 11 is 0. The molecule has 226 valence electrons. The van der Waals surface area contributed by atoms with Crippen molar-refractivity contribution in [3.8, 4) is 5.69 Å². The lowest BCUT2D eigenvalue weighted by Gasteiger charge is -2.38. The topological polar surface area (TPSA) is 47.3 Å². The fraction of sp³-hybridized carbons (Fsp3) is 0.116. The number of hydrogen-bond donors (Lipinski definition) is 1. The highest BCUT2D eigenvalue weighted by Crippen LogP contribution is 2.58. The van der Waals surface area contributed by atoms with Crippen molar-refractivity contribution in [3.05, 3.63) is 157 Å². The lowest BCUT2D eigenvalue weighted by Crippen LogP contribution is -2.36. The number of rotatable bonds is 3. The van der Waals surface area contributed by atoms with Crippen molar-refractivity contribution in [3.63, 3.8) is 0 Å². The fourth-order valence-electron chi connectivity index (χ4n) is 8.80. The lowest BCUT2D eigenvalue weighted by atomic mass is 9.69. The number of nitrogen functional groups attached to an aromatic ring is 1. The molecule has 2 N–H and O–H groups in total. The highest BCUT2D eigenvalue weighted by atomic mass is 16.3. The van der Waals surface area contributed by atoms with Gasteiger partial charge < -0.3 is 19.6 Å². The average molecular weight is 608 g/mol. The number of aromatic nitrogens is 1. The molecule has 4 atom stereocenters. The molecule has 4 nitrogen and oxygen atoms in total. The number of benzene rings is 6. The van der Waals surface area contributed by atoms with Crippen LogP contribution in [0.15, 0.2) is 150 Å². The first-order chi connectivity index (χ1) is 23.2. The van der Waals surface area contributed by atoms with E-state index in [4.69, 9.17) is 10.2 Å². The van der Waals surface area contributed by atoms with Gasteiger partial charge in [-0.1, -0.05) is 97.9 Å².